The van der Waals surface area contributed by atoms with Crippen LogP contribution in [-0.4, -0.2) is 39.9 Å². The van der Waals surface area contributed by atoms with E-state index in [-0.39, 0.29) is 5.54 Å². The number of hydrogen-bond acceptors (Lipinski definition) is 3. The standard InChI is InChI=1S/C14H26N4/c1-5-12-9-13(17(4)16-12)10-18-8-6-7-15-14(2,3)11-18/h9,15H,5-8,10-11H2,1-4H3. The third kappa shape index (κ3) is 3.33. The van der Waals surface area contributed by atoms with Crippen molar-refractivity contribution in [3.8, 4) is 0 Å². The third-order valence-corrected chi connectivity index (χ3v) is 3.65. The molecule has 0 unspecified atom stereocenters. The molecule has 1 saturated heterocycles. The van der Waals surface area contributed by atoms with Crippen LogP contribution in [0.2, 0.25) is 0 Å². The van der Waals surface area contributed by atoms with Gasteiger partial charge in [-0.2, -0.15) is 5.10 Å². The first-order chi connectivity index (χ1) is 8.50. The predicted octanol–water partition coefficient (Wildman–Crippen LogP) is 1.56. The number of aryl methyl sites for hydroxylation is 2. The summed E-state index contributed by atoms with van der Waals surface area (Å²) in [5.74, 6) is 0. The smallest absolute Gasteiger partial charge is 0.0625 e. The Bertz CT molecular complexity index is 394. The van der Waals surface area contributed by atoms with E-state index in [1.165, 1.54) is 24.4 Å². The second kappa shape index (κ2) is 5.41. The van der Waals surface area contributed by atoms with Crippen LogP contribution < -0.4 is 5.32 Å². The molecule has 102 valence electrons. The summed E-state index contributed by atoms with van der Waals surface area (Å²) in [4.78, 5) is 2.54. The van der Waals surface area contributed by atoms with Gasteiger partial charge in [0.15, 0.2) is 0 Å². The van der Waals surface area contributed by atoms with E-state index in [0.29, 0.717) is 0 Å². The normalized spacial score (nSPS) is 20.9. The minimum Gasteiger partial charge on any atom is -0.310 e. The van der Waals surface area contributed by atoms with Crippen LogP contribution in [0.5, 0.6) is 0 Å². The molecule has 0 aromatic carbocycles. The molecule has 1 aromatic rings. The van der Waals surface area contributed by atoms with Gasteiger partial charge >= 0.3 is 0 Å². The first kappa shape index (κ1) is 13.6. The highest BCUT2D eigenvalue weighted by Crippen LogP contribution is 2.14. The van der Waals surface area contributed by atoms with Crippen molar-refractivity contribution in [3.63, 3.8) is 0 Å². The quantitative estimate of drug-likeness (QED) is 0.884. The maximum atomic E-state index is 4.53. The van der Waals surface area contributed by atoms with Gasteiger partial charge in [-0.1, -0.05) is 6.92 Å². The van der Waals surface area contributed by atoms with Crippen LogP contribution in [0.3, 0.4) is 0 Å². The fourth-order valence-electron chi connectivity index (χ4n) is 2.68. The second-order valence-corrected chi connectivity index (χ2v) is 5.98. The molecule has 18 heavy (non-hydrogen) atoms. The molecule has 0 aliphatic carbocycles. The Morgan fingerprint density at radius 1 is 1.44 bits per heavy atom. The zero-order valence-electron chi connectivity index (χ0n) is 12.2. The molecule has 0 saturated carbocycles. The molecular formula is C14H26N4. The molecule has 0 amide bonds. The van der Waals surface area contributed by atoms with Crippen molar-refractivity contribution in [1.82, 2.24) is 20.0 Å². The minimum atomic E-state index is 0.211. The van der Waals surface area contributed by atoms with E-state index in [0.717, 1.165) is 26.1 Å². The molecule has 0 spiro atoms. The van der Waals surface area contributed by atoms with E-state index in [1.54, 1.807) is 0 Å². The van der Waals surface area contributed by atoms with Crippen LogP contribution in [0.1, 0.15) is 38.6 Å². The first-order valence-corrected chi connectivity index (χ1v) is 6.99. The molecular weight excluding hydrogens is 224 g/mol. The maximum Gasteiger partial charge on any atom is 0.0625 e. The third-order valence-electron chi connectivity index (χ3n) is 3.65. The second-order valence-electron chi connectivity index (χ2n) is 5.98. The van der Waals surface area contributed by atoms with Gasteiger partial charge in [0.1, 0.15) is 0 Å². The van der Waals surface area contributed by atoms with Crippen molar-refractivity contribution in [2.24, 2.45) is 7.05 Å². The van der Waals surface area contributed by atoms with Crippen molar-refractivity contribution >= 4 is 0 Å². The van der Waals surface area contributed by atoms with Gasteiger partial charge in [-0.05, 0) is 45.8 Å². The molecule has 1 aliphatic rings. The Morgan fingerprint density at radius 3 is 2.89 bits per heavy atom. The van der Waals surface area contributed by atoms with Gasteiger partial charge in [-0.25, -0.2) is 0 Å². The fourth-order valence-corrected chi connectivity index (χ4v) is 2.68. The lowest BCUT2D eigenvalue weighted by Crippen LogP contribution is -2.46. The average Bonchev–Trinajstić information content (AvgIpc) is 2.55. The van der Waals surface area contributed by atoms with Gasteiger partial charge in [0.05, 0.1) is 11.4 Å². The molecule has 4 heteroatoms. The summed E-state index contributed by atoms with van der Waals surface area (Å²) < 4.78 is 2.03. The minimum absolute atomic E-state index is 0.211. The predicted molar refractivity (Wildman–Crippen MR) is 74.6 cm³/mol. The first-order valence-electron chi connectivity index (χ1n) is 6.99. The SMILES string of the molecule is CCc1cc(CN2CCCNC(C)(C)C2)n(C)n1. The summed E-state index contributed by atoms with van der Waals surface area (Å²) in [5.41, 5.74) is 2.73. The summed E-state index contributed by atoms with van der Waals surface area (Å²) >= 11 is 0. The summed E-state index contributed by atoms with van der Waals surface area (Å²) in [7, 11) is 2.05. The van der Waals surface area contributed by atoms with Crippen molar-refractivity contribution in [2.75, 3.05) is 19.6 Å². The van der Waals surface area contributed by atoms with Crippen LogP contribution in [0, 0.1) is 0 Å². The molecule has 0 bridgehead atoms. The lowest BCUT2D eigenvalue weighted by Gasteiger charge is -2.29. The van der Waals surface area contributed by atoms with E-state index in [2.05, 4.69) is 49.2 Å². The number of nitrogens with zero attached hydrogens (tertiary/aromatic N) is 3. The van der Waals surface area contributed by atoms with Crippen LogP contribution in [0.25, 0.3) is 0 Å². The van der Waals surface area contributed by atoms with E-state index < -0.39 is 0 Å². The van der Waals surface area contributed by atoms with Crippen molar-refractivity contribution < 1.29 is 0 Å². The van der Waals surface area contributed by atoms with Crippen LogP contribution in [-0.2, 0) is 20.0 Å². The fraction of sp³-hybridized carbons (Fsp3) is 0.786. The molecule has 0 radical (unpaired) electrons. The van der Waals surface area contributed by atoms with Gasteiger partial charge in [0, 0.05) is 25.7 Å². The number of hydrogen-bond donors (Lipinski definition) is 1. The van der Waals surface area contributed by atoms with Gasteiger partial charge < -0.3 is 5.32 Å². The van der Waals surface area contributed by atoms with Gasteiger partial charge in [-0.3, -0.25) is 9.58 Å². The Kier molecular flexibility index (Phi) is 4.07. The molecule has 2 rings (SSSR count). The Labute approximate surface area is 110 Å². The molecule has 0 atom stereocenters. The number of nitrogens with one attached hydrogen (secondary N) is 1. The topological polar surface area (TPSA) is 33.1 Å². The molecule has 1 N–H and O–H groups in total. The number of rotatable bonds is 3. The molecule has 1 aliphatic heterocycles. The monoisotopic (exact) mass is 250 g/mol. The van der Waals surface area contributed by atoms with Crippen molar-refractivity contribution in [2.45, 2.75) is 45.7 Å². The average molecular weight is 250 g/mol. The number of aromatic nitrogens is 2. The summed E-state index contributed by atoms with van der Waals surface area (Å²) in [6.45, 7) is 11.1. The Hall–Kier alpha value is -0.870. The summed E-state index contributed by atoms with van der Waals surface area (Å²) in [6, 6.07) is 2.24. The van der Waals surface area contributed by atoms with Crippen LogP contribution in [0.15, 0.2) is 6.07 Å². The van der Waals surface area contributed by atoms with Gasteiger partial charge in [0.25, 0.3) is 0 Å². The zero-order valence-corrected chi connectivity index (χ0v) is 12.2. The van der Waals surface area contributed by atoms with Crippen molar-refractivity contribution in [3.05, 3.63) is 17.5 Å². The lowest BCUT2D eigenvalue weighted by atomic mass is 10.1. The van der Waals surface area contributed by atoms with Gasteiger partial charge in [0.2, 0.25) is 0 Å². The maximum absolute atomic E-state index is 4.53. The zero-order chi connectivity index (χ0) is 13.2. The summed E-state index contributed by atoms with van der Waals surface area (Å²) in [5, 5.41) is 8.13. The van der Waals surface area contributed by atoms with Crippen LogP contribution >= 0.6 is 0 Å². The van der Waals surface area contributed by atoms with E-state index in [1.807, 2.05) is 4.68 Å². The summed E-state index contributed by atoms with van der Waals surface area (Å²) in [6.07, 6.45) is 2.24. The highest BCUT2D eigenvalue weighted by molar-refractivity contribution is 5.10. The Morgan fingerprint density at radius 2 is 2.22 bits per heavy atom. The lowest BCUT2D eigenvalue weighted by molar-refractivity contribution is 0.219. The molecule has 2 heterocycles. The molecule has 1 aromatic heterocycles. The van der Waals surface area contributed by atoms with E-state index in [4.69, 9.17) is 0 Å². The van der Waals surface area contributed by atoms with Crippen molar-refractivity contribution in [1.29, 1.82) is 0 Å². The van der Waals surface area contributed by atoms with Gasteiger partial charge in [-0.15, -0.1) is 0 Å². The largest absolute Gasteiger partial charge is 0.310 e. The molecule has 4 nitrogen and oxygen atoms in total. The van der Waals surface area contributed by atoms with Crippen LogP contribution in [0.4, 0.5) is 0 Å². The van der Waals surface area contributed by atoms with E-state index >= 15 is 0 Å². The Balaban J connectivity index is 2.05. The highest BCUT2D eigenvalue weighted by atomic mass is 15.3. The molecule has 1 fully saturated rings. The van der Waals surface area contributed by atoms with E-state index in [9.17, 15) is 0 Å². The highest BCUT2D eigenvalue weighted by Gasteiger charge is 2.24.